The lowest BCUT2D eigenvalue weighted by atomic mass is 10.0. The number of pyridine rings is 2. The smallest absolute Gasteiger partial charge is 0.410 e. The van der Waals surface area contributed by atoms with E-state index < -0.39 is 5.91 Å². The highest BCUT2D eigenvalue weighted by atomic mass is 16.6. The van der Waals surface area contributed by atoms with Gasteiger partial charge < -0.3 is 20.1 Å². The van der Waals surface area contributed by atoms with Crippen LogP contribution in [0.15, 0.2) is 30.5 Å². The first-order chi connectivity index (χ1) is 16.0. The van der Waals surface area contributed by atoms with E-state index in [-0.39, 0.29) is 24.4 Å². The summed E-state index contributed by atoms with van der Waals surface area (Å²) in [5.74, 6) is 0.244. The molecule has 33 heavy (non-hydrogen) atoms. The number of rotatable bonds is 6. The molecule has 1 aliphatic rings. The van der Waals surface area contributed by atoms with Crippen LogP contribution in [-0.2, 0) is 17.7 Å². The Hall–Kier alpha value is -3.93. The Morgan fingerprint density at radius 1 is 1.30 bits per heavy atom. The summed E-state index contributed by atoms with van der Waals surface area (Å²) >= 11 is 0. The van der Waals surface area contributed by atoms with Gasteiger partial charge in [0, 0.05) is 19.3 Å². The number of fused-ring (bicyclic) bond motifs is 1. The van der Waals surface area contributed by atoms with Crippen LogP contribution in [0.5, 0.6) is 0 Å². The van der Waals surface area contributed by atoms with Crippen molar-refractivity contribution in [1.29, 1.82) is 0 Å². The summed E-state index contributed by atoms with van der Waals surface area (Å²) in [6.45, 7) is 4.62. The van der Waals surface area contributed by atoms with Crippen molar-refractivity contribution in [3.8, 4) is 11.5 Å². The molecular weight excluding hydrogens is 428 g/mol. The molecule has 0 radical (unpaired) electrons. The van der Waals surface area contributed by atoms with E-state index in [1.807, 2.05) is 0 Å². The van der Waals surface area contributed by atoms with Crippen molar-refractivity contribution < 1.29 is 19.4 Å². The van der Waals surface area contributed by atoms with Crippen LogP contribution in [-0.4, -0.2) is 71.9 Å². The van der Waals surface area contributed by atoms with E-state index in [1.165, 1.54) is 4.68 Å². The van der Waals surface area contributed by atoms with Crippen LogP contribution in [0.3, 0.4) is 0 Å². The van der Waals surface area contributed by atoms with Crippen molar-refractivity contribution in [2.24, 2.45) is 0 Å². The maximum Gasteiger partial charge on any atom is 0.410 e. The van der Waals surface area contributed by atoms with Gasteiger partial charge in [0.25, 0.3) is 5.91 Å². The number of carbonyl (C=O) groups is 2. The third-order valence-electron chi connectivity index (χ3n) is 5.25. The van der Waals surface area contributed by atoms with Crippen molar-refractivity contribution in [2.75, 3.05) is 25.1 Å². The molecule has 4 heterocycles. The number of amides is 2. The molecule has 3 aromatic rings. The number of aliphatic hydroxyl groups is 1. The van der Waals surface area contributed by atoms with Gasteiger partial charge >= 0.3 is 6.09 Å². The Balaban J connectivity index is 1.51. The monoisotopic (exact) mass is 452 g/mol. The minimum absolute atomic E-state index is 0.133. The lowest BCUT2D eigenvalue weighted by molar-refractivity contribution is 0.102. The molecule has 172 valence electrons. The van der Waals surface area contributed by atoms with Gasteiger partial charge in [-0.05, 0) is 60.0 Å². The summed E-state index contributed by atoms with van der Waals surface area (Å²) in [6, 6.07) is 6.43. The second kappa shape index (κ2) is 9.69. The Labute approximate surface area is 189 Å². The van der Waals surface area contributed by atoms with Gasteiger partial charge in [-0.25, -0.2) is 14.5 Å². The summed E-state index contributed by atoms with van der Waals surface area (Å²) in [4.78, 5) is 35.2. The Kier molecular flexibility index (Phi) is 6.54. The second-order valence-corrected chi connectivity index (χ2v) is 7.55. The highest BCUT2D eigenvalue weighted by molar-refractivity contribution is 6.02. The van der Waals surface area contributed by atoms with Crippen LogP contribution in [0.25, 0.3) is 11.5 Å². The zero-order valence-electron chi connectivity index (χ0n) is 18.3. The first-order valence-electron chi connectivity index (χ1n) is 10.6. The Morgan fingerprint density at radius 2 is 2.15 bits per heavy atom. The average Bonchev–Trinajstić information content (AvgIpc) is 3.33. The van der Waals surface area contributed by atoms with E-state index in [4.69, 9.17) is 4.74 Å². The predicted molar refractivity (Wildman–Crippen MR) is 116 cm³/mol. The van der Waals surface area contributed by atoms with Gasteiger partial charge in [-0.1, -0.05) is 6.07 Å². The Morgan fingerprint density at radius 3 is 2.94 bits per heavy atom. The summed E-state index contributed by atoms with van der Waals surface area (Å²) in [5, 5.41) is 23.7. The topological polar surface area (TPSA) is 148 Å². The molecule has 0 fully saturated rings. The molecule has 0 spiro atoms. The number of aromatic nitrogens is 6. The summed E-state index contributed by atoms with van der Waals surface area (Å²) in [7, 11) is 0. The molecule has 0 bridgehead atoms. The molecule has 0 saturated heterocycles. The highest BCUT2D eigenvalue weighted by Crippen LogP contribution is 2.21. The first-order valence-corrected chi connectivity index (χ1v) is 10.6. The molecule has 12 heteroatoms. The molecule has 2 amide bonds. The fraction of sp³-hybridized carbons (Fsp3) is 0.381. The summed E-state index contributed by atoms with van der Waals surface area (Å²) < 4.78 is 6.55. The summed E-state index contributed by atoms with van der Waals surface area (Å²) in [6.07, 6.45) is 1.94. The van der Waals surface area contributed by atoms with E-state index in [2.05, 4.69) is 30.8 Å². The van der Waals surface area contributed by atoms with Gasteiger partial charge in [-0.15, -0.1) is 5.10 Å². The van der Waals surface area contributed by atoms with E-state index in [1.54, 1.807) is 49.2 Å². The first kappa shape index (κ1) is 22.3. The SMILES string of the molecule is CCOC(=O)N1CCc2cnc(C(=O)Nc3cccc(-c4nnnn4[C@H](C)CO)n3)cc2C1. The van der Waals surface area contributed by atoms with Crippen molar-refractivity contribution in [2.45, 2.75) is 32.9 Å². The number of hydrogen-bond donors (Lipinski definition) is 2. The van der Waals surface area contributed by atoms with Gasteiger partial charge in [0.1, 0.15) is 17.2 Å². The van der Waals surface area contributed by atoms with Crippen LogP contribution in [0.4, 0.5) is 10.6 Å². The molecule has 2 N–H and O–H groups in total. The number of anilines is 1. The van der Waals surface area contributed by atoms with Crippen LogP contribution in [0, 0.1) is 0 Å². The van der Waals surface area contributed by atoms with Crippen molar-refractivity contribution in [1.82, 2.24) is 35.1 Å². The quantitative estimate of drug-likeness (QED) is 0.567. The lowest BCUT2D eigenvalue weighted by Gasteiger charge is -2.28. The predicted octanol–water partition coefficient (Wildman–Crippen LogP) is 1.45. The van der Waals surface area contributed by atoms with Gasteiger partial charge in [0.15, 0.2) is 0 Å². The maximum atomic E-state index is 12.8. The molecule has 3 aromatic heterocycles. The molecule has 4 rings (SSSR count). The van der Waals surface area contributed by atoms with Crippen LogP contribution in [0.2, 0.25) is 0 Å². The van der Waals surface area contributed by atoms with Crippen LogP contribution in [0.1, 0.15) is 41.5 Å². The number of carbonyl (C=O) groups excluding carboxylic acids is 2. The third-order valence-corrected chi connectivity index (χ3v) is 5.25. The van der Waals surface area contributed by atoms with E-state index in [0.717, 1.165) is 11.1 Å². The van der Waals surface area contributed by atoms with Gasteiger partial charge in [-0.2, -0.15) is 0 Å². The molecule has 0 saturated carbocycles. The average molecular weight is 452 g/mol. The van der Waals surface area contributed by atoms with E-state index in [0.29, 0.717) is 43.5 Å². The maximum absolute atomic E-state index is 12.8. The largest absolute Gasteiger partial charge is 0.450 e. The third kappa shape index (κ3) is 4.80. The molecule has 0 aromatic carbocycles. The standard InChI is InChI=1S/C21H24N8O4/c1-3-33-21(32)28-8-7-14-10-22-17(9-15(14)11-28)20(31)24-18-6-4-5-16(23-18)19-25-26-27-29(19)13(2)12-30/h4-6,9-10,13,30H,3,7-8,11-12H2,1-2H3,(H,23,24,31)/t13-/m1/s1. The molecule has 0 aliphatic carbocycles. The molecule has 12 nitrogen and oxygen atoms in total. The number of nitrogens with zero attached hydrogens (tertiary/aromatic N) is 7. The molecule has 1 aliphatic heterocycles. The van der Waals surface area contributed by atoms with Crippen molar-refractivity contribution >= 4 is 17.8 Å². The fourth-order valence-corrected chi connectivity index (χ4v) is 3.48. The highest BCUT2D eigenvalue weighted by Gasteiger charge is 2.23. The minimum Gasteiger partial charge on any atom is -0.450 e. The zero-order chi connectivity index (χ0) is 23.4. The van der Waals surface area contributed by atoms with Crippen molar-refractivity contribution in [3.05, 3.63) is 47.3 Å². The van der Waals surface area contributed by atoms with E-state index in [9.17, 15) is 14.7 Å². The number of tetrazole rings is 1. The van der Waals surface area contributed by atoms with Gasteiger partial charge in [0.2, 0.25) is 5.82 Å². The Bertz CT molecular complexity index is 1160. The van der Waals surface area contributed by atoms with Crippen LogP contribution >= 0.6 is 0 Å². The van der Waals surface area contributed by atoms with Crippen LogP contribution < -0.4 is 5.32 Å². The second-order valence-electron chi connectivity index (χ2n) is 7.55. The lowest BCUT2D eigenvalue weighted by Crippen LogP contribution is -2.36. The van der Waals surface area contributed by atoms with Gasteiger partial charge in [0.05, 0.1) is 19.3 Å². The number of nitrogens with one attached hydrogen (secondary N) is 1. The number of aliphatic hydroxyl groups excluding tert-OH is 1. The normalized spacial score (nSPS) is 13.8. The molecule has 1 atom stereocenters. The van der Waals surface area contributed by atoms with Gasteiger partial charge in [-0.3, -0.25) is 9.78 Å². The van der Waals surface area contributed by atoms with Crippen molar-refractivity contribution in [3.63, 3.8) is 0 Å². The number of hydrogen-bond acceptors (Lipinski definition) is 9. The number of ether oxygens (including phenoxy) is 1. The zero-order valence-corrected chi connectivity index (χ0v) is 18.3. The molecule has 0 unspecified atom stereocenters. The summed E-state index contributed by atoms with van der Waals surface area (Å²) in [5.41, 5.74) is 2.51. The minimum atomic E-state index is -0.431. The van der Waals surface area contributed by atoms with E-state index >= 15 is 0 Å². The molecular formula is C21H24N8O4. The fourth-order valence-electron chi connectivity index (χ4n) is 3.48.